The zero-order valence-corrected chi connectivity index (χ0v) is 13.0. The highest BCUT2D eigenvalue weighted by Gasteiger charge is 2.24. The Labute approximate surface area is 125 Å². The van der Waals surface area contributed by atoms with Crippen LogP contribution in [0.15, 0.2) is 12.4 Å². The van der Waals surface area contributed by atoms with Crippen LogP contribution in [0.1, 0.15) is 26.7 Å². The number of carbonyl (C=O) groups is 1. The van der Waals surface area contributed by atoms with Gasteiger partial charge in [0.2, 0.25) is 11.8 Å². The number of likely N-dealkylation sites (tertiary alicyclic amines) is 1. The molecule has 0 aliphatic carbocycles. The van der Waals surface area contributed by atoms with E-state index in [2.05, 4.69) is 15.3 Å². The van der Waals surface area contributed by atoms with E-state index in [1.54, 1.807) is 13.2 Å². The van der Waals surface area contributed by atoms with Crippen molar-refractivity contribution in [1.29, 1.82) is 0 Å². The zero-order valence-electron chi connectivity index (χ0n) is 13.0. The second-order valence-electron chi connectivity index (χ2n) is 5.75. The molecule has 6 nitrogen and oxygen atoms in total. The maximum atomic E-state index is 11.9. The van der Waals surface area contributed by atoms with Crippen molar-refractivity contribution in [3.8, 4) is 5.88 Å². The summed E-state index contributed by atoms with van der Waals surface area (Å²) in [5.74, 6) is 2.27. The lowest BCUT2D eigenvalue weighted by Gasteiger charge is -2.33. The van der Waals surface area contributed by atoms with Gasteiger partial charge in [0.1, 0.15) is 12.1 Å². The number of carbonyl (C=O) groups excluding carboxylic acids is 1. The molecule has 0 atom stereocenters. The van der Waals surface area contributed by atoms with E-state index in [0.29, 0.717) is 11.8 Å². The Bertz CT molecular complexity index is 470. The minimum Gasteiger partial charge on any atom is -0.481 e. The number of methoxy groups -OCH3 is 1. The van der Waals surface area contributed by atoms with Gasteiger partial charge in [-0.1, -0.05) is 13.8 Å². The van der Waals surface area contributed by atoms with Crippen LogP contribution in [0.25, 0.3) is 0 Å². The number of amides is 1. The number of anilines is 1. The Balaban J connectivity index is 1.77. The topological polar surface area (TPSA) is 67.3 Å². The Morgan fingerprint density at radius 2 is 2.14 bits per heavy atom. The molecule has 1 aliphatic rings. The maximum Gasteiger partial charge on any atom is 0.225 e. The molecule has 0 radical (unpaired) electrons. The van der Waals surface area contributed by atoms with Crippen LogP contribution in [0.5, 0.6) is 5.88 Å². The third-order valence-corrected chi connectivity index (χ3v) is 3.84. The average molecular weight is 292 g/mol. The standard InChI is InChI=1S/C15H24N4O2/c1-11(2)15(20)19-6-4-12(5-7-19)9-16-13-8-14(21-3)18-10-17-13/h8,10-12H,4-7,9H2,1-3H3,(H,16,17,18). The number of ether oxygens (including phenoxy) is 1. The molecule has 0 saturated carbocycles. The molecule has 0 bridgehead atoms. The minimum atomic E-state index is 0.0909. The minimum absolute atomic E-state index is 0.0909. The van der Waals surface area contributed by atoms with Gasteiger partial charge in [-0.05, 0) is 18.8 Å². The summed E-state index contributed by atoms with van der Waals surface area (Å²) in [6.07, 6.45) is 3.56. The van der Waals surface area contributed by atoms with Crippen molar-refractivity contribution in [3.63, 3.8) is 0 Å². The molecule has 0 unspecified atom stereocenters. The molecule has 2 heterocycles. The molecule has 116 valence electrons. The normalized spacial score (nSPS) is 16.1. The maximum absolute atomic E-state index is 11.9. The van der Waals surface area contributed by atoms with E-state index in [4.69, 9.17) is 4.74 Å². The summed E-state index contributed by atoms with van der Waals surface area (Å²) >= 11 is 0. The number of nitrogens with zero attached hydrogens (tertiary/aromatic N) is 3. The van der Waals surface area contributed by atoms with Gasteiger partial charge in [0.05, 0.1) is 7.11 Å². The van der Waals surface area contributed by atoms with Crippen molar-refractivity contribution in [2.24, 2.45) is 11.8 Å². The van der Waals surface area contributed by atoms with Gasteiger partial charge in [-0.15, -0.1) is 0 Å². The molecule has 2 rings (SSSR count). The first-order valence-electron chi connectivity index (χ1n) is 7.49. The molecule has 0 spiro atoms. The van der Waals surface area contributed by atoms with Crippen molar-refractivity contribution in [1.82, 2.24) is 14.9 Å². The van der Waals surface area contributed by atoms with E-state index in [0.717, 1.165) is 38.3 Å². The molecule has 1 saturated heterocycles. The molecule has 1 fully saturated rings. The first kappa shape index (κ1) is 15.5. The number of piperidine rings is 1. The van der Waals surface area contributed by atoms with Gasteiger partial charge >= 0.3 is 0 Å². The van der Waals surface area contributed by atoms with Crippen LogP contribution in [-0.4, -0.2) is 47.5 Å². The van der Waals surface area contributed by atoms with Crippen molar-refractivity contribution in [3.05, 3.63) is 12.4 Å². The SMILES string of the molecule is COc1cc(NCC2CCN(C(=O)C(C)C)CC2)ncn1. The summed E-state index contributed by atoms with van der Waals surface area (Å²) in [5.41, 5.74) is 0. The summed E-state index contributed by atoms with van der Waals surface area (Å²) in [4.78, 5) is 22.1. The highest BCUT2D eigenvalue weighted by molar-refractivity contribution is 5.78. The molecule has 1 aromatic heterocycles. The van der Waals surface area contributed by atoms with Gasteiger partial charge in [-0.2, -0.15) is 0 Å². The number of aromatic nitrogens is 2. The van der Waals surface area contributed by atoms with Crippen LogP contribution in [0.2, 0.25) is 0 Å². The fourth-order valence-corrected chi connectivity index (χ4v) is 2.52. The molecule has 1 N–H and O–H groups in total. The van der Waals surface area contributed by atoms with E-state index >= 15 is 0 Å². The zero-order chi connectivity index (χ0) is 15.2. The molecular weight excluding hydrogens is 268 g/mol. The first-order chi connectivity index (χ1) is 10.1. The lowest BCUT2D eigenvalue weighted by atomic mass is 9.96. The van der Waals surface area contributed by atoms with Crippen molar-refractivity contribution >= 4 is 11.7 Å². The van der Waals surface area contributed by atoms with E-state index in [1.165, 1.54) is 6.33 Å². The van der Waals surface area contributed by atoms with Crippen molar-refractivity contribution in [2.75, 3.05) is 32.1 Å². The number of nitrogens with one attached hydrogen (secondary N) is 1. The Morgan fingerprint density at radius 1 is 1.43 bits per heavy atom. The largest absolute Gasteiger partial charge is 0.481 e. The highest BCUT2D eigenvalue weighted by atomic mass is 16.5. The van der Waals surface area contributed by atoms with E-state index in [-0.39, 0.29) is 11.8 Å². The van der Waals surface area contributed by atoms with Crippen LogP contribution < -0.4 is 10.1 Å². The summed E-state index contributed by atoms with van der Waals surface area (Å²) < 4.78 is 5.07. The average Bonchev–Trinajstić information content (AvgIpc) is 2.53. The summed E-state index contributed by atoms with van der Waals surface area (Å²) in [5, 5.41) is 3.32. The predicted octanol–water partition coefficient (Wildman–Crippen LogP) is 1.79. The molecule has 1 aliphatic heterocycles. The quantitative estimate of drug-likeness (QED) is 0.896. The van der Waals surface area contributed by atoms with Crippen LogP contribution in [0, 0.1) is 11.8 Å². The highest BCUT2D eigenvalue weighted by Crippen LogP contribution is 2.20. The van der Waals surface area contributed by atoms with Gasteiger partial charge in [-0.25, -0.2) is 9.97 Å². The van der Waals surface area contributed by atoms with E-state index in [9.17, 15) is 4.79 Å². The van der Waals surface area contributed by atoms with Gasteiger partial charge in [-0.3, -0.25) is 4.79 Å². The van der Waals surface area contributed by atoms with Crippen LogP contribution in [0.4, 0.5) is 5.82 Å². The fourth-order valence-electron chi connectivity index (χ4n) is 2.52. The molecule has 1 aromatic rings. The smallest absolute Gasteiger partial charge is 0.225 e. The number of hydrogen-bond acceptors (Lipinski definition) is 5. The lowest BCUT2D eigenvalue weighted by molar-refractivity contribution is -0.135. The van der Waals surface area contributed by atoms with Crippen LogP contribution >= 0.6 is 0 Å². The molecule has 6 heteroatoms. The summed E-state index contributed by atoms with van der Waals surface area (Å²) in [7, 11) is 1.59. The van der Waals surface area contributed by atoms with Crippen molar-refractivity contribution in [2.45, 2.75) is 26.7 Å². The Hall–Kier alpha value is -1.85. The van der Waals surface area contributed by atoms with E-state index in [1.807, 2.05) is 18.7 Å². The number of rotatable bonds is 5. The molecular formula is C15H24N4O2. The predicted molar refractivity (Wildman–Crippen MR) is 81.2 cm³/mol. The van der Waals surface area contributed by atoms with Gasteiger partial charge < -0.3 is 15.0 Å². The monoisotopic (exact) mass is 292 g/mol. The van der Waals surface area contributed by atoms with Gasteiger partial charge in [0.25, 0.3) is 0 Å². The Kier molecular flexibility index (Phi) is 5.36. The van der Waals surface area contributed by atoms with Crippen LogP contribution in [-0.2, 0) is 4.79 Å². The Morgan fingerprint density at radius 3 is 2.76 bits per heavy atom. The fraction of sp³-hybridized carbons (Fsp3) is 0.667. The third kappa shape index (κ3) is 4.31. The van der Waals surface area contributed by atoms with Crippen LogP contribution in [0.3, 0.4) is 0 Å². The second-order valence-corrected chi connectivity index (χ2v) is 5.75. The van der Waals surface area contributed by atoms with Gasteiger partial charge in [0, 0.05) is 31.6 Å². The lowest BCUT2D eigenvalue weighted by Crippen LogP contribution is -2.41. The molecule has 21 heavy (non-hydrogen) atoms. The van der Waals surface area contributed by atoms with Crippen molar-refractivity contribution < 1.29 is 9.53 Å². The van der Waals surface area contributed by atoms with Gasteiger partial charge in [0.15, 0.2) is 0 Å². The second kappa shape index (κ2) is 7.24. The first-order valence-corrected chi connectivity index (χ1v) is 7.49. The summed E-state index contributed by atoms with van der Waals surface area (Å²) in [6, 6.07) is 1.79. The molecule has 1 amide bonds. The number of hydrogen-bond donors (Lipinski definition) is 1. The molecule has 0 aromatic carbocycles. The van der Waals surface area contributed by atoms with E-state index < -0.39 is 0 Å². The summed E-state index contributed by atoms with van der Waals surface area (Å²) in [6.45, 7) is 6.49. The third-order valence-electron chi connectivity index (χ3n) is 3.84.